The van der Waals surface area contributed by atoms with Crippen LogP contribution in [0.25, 0.3) is 27.9 Å². The normalized spacial score (nSPS) is 12.1. The molecule has 14 heteroatoms. The van der Waals surface area contributed by atoms with E-state index in [0.29, 0.717) is 29.1 Å². The summed E-state index contributed by atoms with van der Waals surface area (Å²) < 4.78 is 34.6. The third kappa shape index (κ3) is 4.70. The van der Waals surface area contributed by atoms with Crippen molar-refractivity contribution in [3.8, 4) is 27.9 Å². The molecule has 6 aromatic rings. The Morgan fingerprint density at radius 3 is 2.67 bits per heavy atom. The molecule has 0 aliphatic heterocycles. The number of aromatic nitrogens is 10. The van der Waals surface area contributed by atoms with Gasteiger partial charge in [-0.25, -0.2) is 9.37 Å². The van der Waals surface area contributed by atoms with Crippen molar-refractivity contribution in [3.63, 3.8) is 0 Å². The summed E-state index contributed by atoms with van der Waals surface area (Å²) in [5.74, 6) is -1.20. The Morgan fingerprint density at radius 1 is 1.05 bits per heavy atom. The molecule has 0 aliphatic carbocycles. The van der Waals surface area contributed by atoms with Gasteiger partial charge in [0.25, 0.3) is 6.33 Å². The Balaban J connectivity index is 1.39. The fourth-order valence-corrected chi connectivity index (χ4v) is 4.43. The Kier molecular flexibility index (Phi) is 6.25. The molecule has 0 radical (unpaired) electrons. The molecule has 5 aromatic heterocycles. The van der Waals surface area contributed by atoms with Gasteiger partial charge in [0.15, 0.2) is 11.0 Å². The molecule has 5 heterocycles. The number of tetrazole rings is 1. The molecule has 0 saturated carbocycles. The van der Waals surface area contributed by atoms with Crippen LogP contribution in [0.5, 0.6) is 0 Å². The highest BCUT2D eigenvalue weighted by molar-refractivity contribution is 6.31. The van der Waals surface area contributed by atoms with Gasteiger partial charge in [-0.1, -0.05) is 22.9 Å². The van der Waals surface area contributed by atoms with E-state index in [4.69, 9.17) is 17.3 Å². The maximum Gasteiger partial charge on any atom is 0.293 e. The van der Waals surface area contributed by atoms with Crippen LogP contribution in [0.2, 0.25) is 5.02 Å². The first-order valence-corrected chi connectivity index (χ1v) is 12.0. The second-order valence-electron chi connectivity index (χ2n) is 8.56. The summed E-state index contributed by atoms with van der Waals surface area (Å²) in [6.45, 7) is 0.384. The number of nitrogen functional groups attached to an aromatic ring is 1. The van der Waals surface area contributed by atoms with Crippen LogP contribution >= 0.6 is 11.6 Å². The highest BCUT2D eigenvalue weighted by atomic mass is 35.5. The lowest BCUT2D eigenvalue weighted by atomic mass is 10.0. The number of rotatable bonds is 7. The summed E-state index contributed by atoms with van der Waals surface area (Å²) in [6.07, 6.45) is 9.72. The molecule has 1 aromatic carbocycles. The monoisotopic (exact) mass is 546 g/mol. The van der Waals surface area contributed by atoms with Crippen LogP contribution < -0.4 is 10.4 Å². The van der Waals surface area contributed by atoms with Crippen LogP contribution in [0.4, 0.5) is 14.6 Å². The Labute approximate surface area is 224 Å². The number of halogens is 3. The number of nitrogens with two attached hydrogens (primary N) is 1. The van der Waals surface area contributed by atoms with Crippen molar-refractivity contribution < 1.29 is 13.5 Å². The molecule has 6 rings (SSSR count). The summed E-state index contributed by atoms with van der Waals surface area (Å²) in [7, 11) is 0. The van der Waals surface area contributed by atoms with Gasteiger partial charge in [-0.2, -0.15) is 14.6 Å². The third-order valence-corrected chi connectivity index (χ3v) is 6.44. The Bertz CT molecular complexity index is 1730. The van der Waals surface area contributed by atoms with E-state index in [2.05, 4.69) is 35.7 Å². The Hall–Kier alpha value is -5.04. The second kappa shape index (κ2) is 10.0. The van der Waals surface area contributed by atoms with Crippen molar-refractivity contribution in [1.29, 1.82) is 0 Å². The molecular weight excluding hydrogens is 528 g/mol. The van der Waals surface area contributed by atoms with Crippen molar-refractivity contribution in [2.45, 2.75) is 12.6 Å². The summed E-state index contributed by atoms with van der Waals surface area (Å²) in [5.41, 5.74) is 8.19. The fraction of sp³-hybridized carbons (Fsp3) is 0.0800. The summed E-state index contributed by atoms with van der Waals surface area (Å²) in [6, 6.07) is 11.1. The number of pyridine rings is 2. The van der Waals surface area contributed by atoms with Gasteiger partial charge >= 0.3 is 0 Å². The van der Waals surface area contributed by atoms with Crippen molar-refractivity contribution >= 4 is 17.4 Å². The molecule has 0 fully saturated rings. The highest BCUT2D eigenvalue weighted by Gasteiger charge is 2.23. The molecule has 3 N–H and O–H groups in total. The molecule has 0 amide bonds. The zero-order valence-corrected chi connectivity index (χ0v) is 20.8. The fourth-order valence-electron chi connectivity index (χ4n) is 4.27. The van der Waals surface area contributed by atoms with E-state index in [1.54, 1.807) is 58.4 Å². The number of hydrogen-bond donors (Lipinski definition) is 2. The molecule has 1 atom stereocenters. The lowest BCUT2D eigenvalue weighted by Gasteiger charge is -2.18. The first-order valence-electron chi connectivity index (χ1n) is 11.6. The highest BCUT2D eigenvalue weighted by Crippen LogP contribution is 2.32. The SMILES string of the molecule is Nc1ccc(-c2cnn([C@@H](Cn3cccn3)c3ccc(-c4c(-[n+]5cnn[nH]5)ccc(Cl)c4F)cn3)c2)c(F)n1. The van der Waals surface area contributed by atoms with Gasteiger partial charge in [0.2, 0.25) is 5.95 Å². The molecule has 0 bridgehead atoms. The van der Waals surface area contributed by atoms with E-state index < -0.39 is 17.8 Å². The summed E-state index contributed by atoms with van der Waals surface area (Å²) >= 11 is 6.11. The molecule has 0 unspecified atom stereocenters. The molecule has 194 valence electrons. The van der Waals surface area contributed by atoms with Gasteiger partial charge in [-0.05, 0) is 36.4 Å². The van der Waals surface area contributed by atoms with E-state index in [1.807, 2.05) is 12.3 Å². The first kappa shape index (κ1) is 24.3. The largest absolute Gasteiger partial charge is 0.384 e. The maximum absolute atomic E-state index is 15.2. The zero-order chi connectivity index (χ0) is 26.9. The lowest BCUT2D eigenvalue weighted by molar-refractivity contribution is -0.659. The Morgan fingerprint density at radius 2 is 1.95 bits per heavy atom. The van der Waals surface area contributed by atoms with E-state index in [1.165, 1.54) is 23.1 Å². The second-order valence-corrected chi connectivity index (χ2v) is 8.96. The van der Waals surface area contributed by atoms with Crippen LogP contribution in [0, 0.1) is 11.8 Å². The molecule has 0 aliphatic rings. The van der Waals surface area contributed by atoms with Crippen LogP contribution in [0.3, 0.4) is 0 Å². The van der Waals surface area contributed by atoms with Crippen molar-refractivity contribution in [2.75, 3.05) is 5.73 Å². The molecule has 0 spiro atoms. The lowest BCUT2D eigenvalue weighted by Crippen LogP contribution is -2.33. The van der Waals surface area contributed by atoms with Gasteiger partial charge in [-0.3, -0.25) is 14.3 Å². The van der Waals surface area contributed by atoms with Crippen LogP contribution in [0.1, 0.15) is 11.7 Å². The maximum atomic E-state index is 15.2. The number of anilines is 1. The standard InChI is InChI=1S/C25H18ClF2N11/c26-18-4-6-20(39-14-31-35-36-39)23(24(18)27)15-2-5-19(30-10-15)21(13-37-9-1-8-32-37)38-12-16(11-33-38)17-3-7-22(29)34-25(17)28/h1-12,14,21H,13H2,(H2,29,34)/p+1/t21-/m0/s1. The van der Waals surface area contributed by atoms with Gasteiger partial charge in [-0.15, -0.1) is 4.68 Å². The predicted molar refractivity (Wildman–Crippen MR) is 136 cm³/mol. The predicted octanol–water partition coefficient (Wildman–Crippen LogP) is 3.40. The number of benzene rings is 1. The van der Waals surface area contributed by atoms with E-state index in [0.717, 1.165) is 0 Å². The van der Waals surface area contributed by atoms with Gasteiger partial charge in [0.05, 0.1) is 29.0 Å². The van der Waals surface area contributed by atoms with Crippen LogP contribution in [-0.2, 0) is 6.54 Å². The molecule has 39 heavy (non-hydrogen) atoms. The van der Waals surface area contributed by atoms with Crippen LogP contribution in [-0.4, -0.2) is 45.1 Å². The van der Waals surface area contributed by atoms with E-state index in [-0.39, 0.29) is 22.0 Å². The van der Waals surface area contributed by atoms with Crippen LogP contribution in [0.15, 0.2) is 79.8 Å². The minimum atomic E-state index is -0.689. The molecule has 0 saturated heterocycles. The topological polar surface area (TPSA) is 133 Å². The summed E-state index contributed by atoms with van der Waals surface area (Å²) in [4.78, 5) is 8.35. The minimum Gasteiger partial charge on any atom is -0.384 e. The smallest absolute Gasteiger partial charge is 0.293 e. The first-order chi connectivity index (χ1) is 19.0. The minimum absolute atomic E-state index is 0.0316. The zero-order valence-electron chi connectivity index (χ0n) is 20.0. The van der Waals surface area contributed by atoms with Gasteiger partial charge in [0, 0.05) is 41.5 Å². The number of nitrogens with zero attached hydrogens (tertiary/aromatic N) is 9. The third-order valence-electron chi connectivity index (χ3n) is 6.15. The quantitative estimate of drug-likeness (QED) is 0.231. The number of nitrogens with one attached hydrogen (secondary N) is 1. The molecular formula is C25H19ClF2N11+. The number of hydrogen-bond acceptors (Lipinski definition) is 7. The number of aromatic amines is 1. The van der Waals surface area contributed by atoms with E-state index in [9.17, 15) is 4.39 Å². The average Bonchev–Trinajstić information content (AvgIpc) is 3.72. The number of H-pyrrole nitrogens is 1. The van der Waals surface area contributed by atoms with E-state index >= 15 is 4.39 Å². The summed E-state index contributed by atoms with van der Waals surface area (Å²) in [5, 5.41) is 18.9. The van der Waals surface area contributed by atoms with Gasteiger partial charge in [0.1, 0.15) is 22.6 Å². The van der Waals surface area contributed by atoms with Crippen molar-refractivity contribution in [3.05, 3.63) is 102 Å². The van der Waals surface area contributed by atoms with Crippen molar-refractivity contribution in [2.24, 2.45) is 0 Å². The molecule has 11 nitrogen and oxygen atoms in total. The van der Waals surface area contributed by atoms with Gasteiger partial charge < -0.3 is 5.73 Å². The van der Waals surface area contributed by atoms with Crippen molar-refractivity contribution in [1.82, 2.24) is 45.1 Å². The average molecular weight is 547 g/mol.